The zero-order valence-corrected chi connectivity index (χ0v) is 9.21. The third kappa shape index (κ3) is 2.58. The van der Waals surface area contributed by atoms with Crippen molar-refractivity contribution in [3.63, 3.8) is 0 Å². The monoisotopic (exact) mass is 220 g/mol. The second-order valence-corrected chi connectivity index (χ2v) is 4.22. The first-order valence-corrected chi connectivity index (χ1v) is 5.69. The molecular formula is C12H16N2O2. The maximum absolute atomic E-state index is 10.9. The number of benzene rings is 1. The molecule has 1 aromatic carbocycles. The molecule has 1 atom stereocenters. The highest BCUT2D eigenvalue weighted by atomic mass is 16.6. The highest BCUT2D eigenvalue weighted by Crippen LogP contribution is 2.19. The zero-order chi connectivity index (χ0) is 11.4. The van der Waals surface area contributed by atoms with E-state index in [1.165, 1.54) is 0 Å². The van der Waals surface area contributed by atoms with Crippen LogP contribution in [0, 0.1) is 10.1 Å². The summed E-state index contributed by atoms with van der Waals surface area (Å²) in [5.41, 5.74) is 1.15. The Labute approximate surface area is 95.0 Å². The number of rotatable bonds is 3. The van der Waals surface area contributed by atoms with Crippen LogP contribution in [0.3, 0.4) is 0 Å². The lowest BCUT2D eigenvalue weighted by molar-refractivity contribution is -0.555. The predicted octanol–water partition coefficient (Wildman–Crippen LogP) is 2.28. The van der Waals surface area contributed by atoms with E-state index in [2.05, 4.69) is 0 Å². The maximum atomic E-state index is 10.9. The Morgan fingerprint density at radius 1 is 1.31 bits per heavy atom. The molecule has 4 heteroatoms. The lowest BCUT2D eigenvalue weighted by Gasteiger charge is -2.29. The van der Waals surface area contributed by atoms with Gasteiger partial charge in [-0.3, -0.25) is 10.1 Å². The van der Waals surface area contributed by atoms with Gasteiger partial charge < -0.3 is 0 Å². The van der Waals surface area contributed by atoms with Crippen molar-refractivity contribution < 1.29 is 4.92 Å². The van der Waals surface area contributed by atoms with E-state index in [4.69, 9.17) is 0 Å². The van der Waals surface area contributed by atoms with Gasteiger partial charge in [0.15, 0.2) is 0 Å². The Kier molecular flexibility index (Phi) is 3.51. The lowest BCUT2D eigenvalue weighted by atomic mass is 10.1. The first-order valence-electron chi connectivity index (χ1n) is 5.69. The van der Waals surface area contributed by atoms with Crippen LogP contribution in [0.2, 0.25) is 0 Å². The Hall–Kier alpha value is -1.42. The van der Waals surface area contributed by atoms with Gasteiger partial charge in [-0.05, 0) is 18.4 Å². The first-order chi connectivity index (χ1) is 7.77. The van der Waals surface area contributed by atoms with Crippen molar-refractivity contribution in [2.24, 2.45) is 0 Å². The summed E-state index contributed by atoms with van der Waals surface area (Å²) in [7, 11) is 0. The van der Waals surface area contributed by atoms with Gasteiger partial charge in [0.05, 0.1) is 0 Å². The van der Waals surface area contributed by atoms with E-state index in [0.717, 1.165) is 24.9 Å². The highest BCUT2D eigenvalue weighted by molar-refractivity contribution is 5.14. The standard InChI is InChI=1S/C12H16N2O2/c15-14(16)12-8-4-5-9-13(12)10-11-6-2-1-3-7-11/h1-3,6-7,12H,4-5,8-10H2. The Balaban J connectivity index is 2.04. The van der Waals surface area contributed by atoms with E-state index < -0.39 is 6.17 Å². The summed E-state index contributed by atoms with van der Waals surface area (Å²) in [5, 5.41) is 10.9. The van der Waals surface area contributed by atoms with Gasteiger partial charge in [-0.1, -0.05) is 30.3 Å². The van der Waals surface area contributed by atoms with E-state index in [1.54, 1.807) is 0 Å². The maximum Gasteiger partial charge on any atom is 0.268 e. The van der Waals surface area contributed by atoms with Gasteiger partial charge in [0, 0.05) is 24.4 Å². The average Bonchev–Trinajstić information content (AvgIpc) is 2.31. The fourth-order valence-corrected chi connectivity index (χ4v) is 2.21. The van der Waals surface area contributed by atoms with Gasteiger partial charge in [-0.25, -0.2) is 4.90 Å². The van der Waals surface area contributed by atoms with Gasteiger partial charge in [-0.15, -0.1) is 0 Å². The molecule has 1 aliphatic heterocycles. The molecule has 0 N–H and O–H groups in total. The van der Waals surface area contributed by atoms with Crippen LogP contribution in [0.25, 0.3) is 0 Å². The Morgan fingerprint density at radius 2 is 2.06 bits per heavy atom. The van der Waals surface area contributed by atoms with Crippen LogP contribution in [0.5, 0.6) is 0 Å². The second kappa shape index (κ2) is 5.07. The molecule has 0 spiro atoms. The van der Waals surface area contributed by atoms with E-state index in [1.807, 2.05) is 35.2 Å². The molecule has 0 aliphatic carbocycles. The molecule has 1 aliphatic rings. The minimum Gasteiger partial charge on any atom is -0.263 e. The fraction of sp³-hybridized carbons (Fsp3) is 0.500. The summed E-state index contributed by atoms with van der Waals surface area (Å²) < 4.78 is 0. The Morgan fingerprint density at radius 3 is 2.75 bits per heavy atom. The number of hydrogen-bond acceptors (Lipinski definition) is 3. The molecule has 0 amide bonds. The summed E-state index contributed by atoms with van der Waals surface area (Å²) >= 11 is 0. The van der Waals surface area contributed by atoms with Crippen LogP contribution < -0.4 is 0 Å². The number of piperidine rings is 1. The summed E-state index contributed by atoms with van der Waals surface area (Å²) in [6.07, 6.45) is 2.22. The molecule has 86 valence electrons. The molecule has 1 fully saturated rings. The third-order valence-electron chi connectivity index (χ3n) is 3.05. The van der Waals surface area contributed by atoms with Crippen LogP contribution in [-0.2, 0) is 6.54 Å². The van der Waals surface area contributed by atoms with Crippen LogP contribution in [0.1, 0.15) is 24.8 Å². The van der Waals surface area contributed by atoms with Gasteiger partial charge in [0.25, 0.3) is 6.17 Å². The number of nitro groups is 1. The molecule has 4 nitrogen and oxygen atoms in total. The van der Waals surface area contributed by atoms with Crippen LogP contribution in [-0.4, -0.2) is 22.5 Å². The van der Waals surface area contributed by atoms with E-state index in [9.17, 15) is 10.1 Å². The van der Waals surface area contributed by atoms with Crippen molar-refractivity contribution in [3.05, 3.63) is 46.0 Å². The van der Waals surface area contributed by atoms with Gasteiger partial charge in [0.1, 0.15) is 0 Å². The van der Waals surface area contributed by atoms with Gasteiger partial charge >= 0.3 is 0 Å². The van der Waals surface area contributed by atoms with E-state index in [0.29, 0.717) is 13.0 Å². The SMILES string of the molecule is O=[N+]([O-])C1CCCCN1Cc1ccccc1. The predicted molar refractivity (Wildman–Crippen MR) is 61.5 cm³/mol. The number of hydrogen-bond donors (Lipinski definition) is 0. The van der Waals surface area contributed by atoms with Gasteiger partial charge in [-0.2, -0.15) is 0 Å². The second-order valence-electron chi connectivity index (χ2n) is 4.22. The summed E-state index contributed by atoms with van der Waals surface area (Å²) in [4.78, 5) is 12.7. The van der Waals surface area contributed by atoms with Crippen molar-refractivity contribution in [2.45, 2.75) is 32.0 Å². The normalized spacial score (nSPS) is 21.9. The quantitative estimate of drug-likeness (QED) is 0.580. The Bertz CT molecular complexity index is 353. The minimum absolute atomic E-state index is 0.151. The number of nitrogens with zero attached hydrogens (tertiary/aromatic N) is 2. The largest absolute Gasteiger partial charge is 0.268 e. The van der Waals surface area contributed by atoms with Crippen molar-refractivity contribution in [1.82, 2.24) is 4.90 Å². The molecule has 16 heavy (non-hydrogen) atoms. The van der Waals surface area contributed by atoms with Crippen molar-refractivity contribution >= 4 is 0 Å². The molecule has 1 saturated heterocycles. The summed E-state index contributed by atoms with van der Waals surface area (Å²) in [5.74, 6) is 0. The first kappa shape index (κ1) is 11.1. The van der Waals surface area contributed by atoms with E-state index in [-0.39, 0.29) is 4.92 Å². The summed E-state index contributed by atoms with van der Waals surface area (Å²) in [6.45, 7) is 1.52. The molecule has 1 unspecified atom stereocenters. The van der Waals surface area contributed by atoms with Crippen LogP contribution >= 0.6 is 0 Å². The number of likely N-dealkylation sites (tertiary alicyclic amines) is 1. The zero-order valence-electron chi connectivity index (χ0n) is 9.21. The van der Waals surface area contributed by atoms with Crippen LogP contribution in [0.15, 0.2) is 30.3 Å². The molecule has 1 aromatic rings. The summed E-state index contributed by atoms with van der Waals surface area (Å²) in [6, 6.07) is 9.95. The molecule has 0 aromatic heterocycles. The smallest absolute Gasteiger partial charge is 0.263 e. The topological polar surface area (TPSA) is 46.4 Å². The fourth-order valence-electron chi connectivity index (χ4n) is 2.21. The molecule has 0 bridgehead atoms. The van der Waals surface area contributed by atoms with E-state index >= 15 is 0 Å². The highest BCUT2D eigenvalue weighted by Gasteiger charge is 2.30. The molecule has 0 radical (unpaired) electrons. The lowest BCUT2D eigenvalue weighted by Crippen LogP contribution is -2.43. The molecular weight excluding hydrogens is 204 g/mol. The minimum atomic E-state index is -0.492. The van der Waals surface area contributed by atoms with Crippen LogP contribution in [0.4, 0.5) is 0 Å². The van der Waals surface area contributed by atoms with Crippen molar-refractivity contribution in [3.8, 4) is 0 Å². The molecule has 1 heterocycles. The van der Waals surface area contributed by atoms with Gasteiger partial charge in [0.2, 0.25) is 0 Å². The molecule has 2 rings (SSSR count). The molecule has 0 saturated carbocycles. The van der Waals surface area contributed by atoms with Crippen molar-refractivity contribution in [2.75, 3.05) is 6.54 Å². The third-order valence-corrected chi connectivity index (χ3v) is 3.05. The van der Waals surface area contributed by atoms with Crippen molar-refractivity contribution in [1.29, 1.82) is 0 Å². The average molecular weight is 220 g/mol.